The Bertz CT molecular complexity index is 955. The Morgan fingerprint density at radius 2 is 1.83 bits per heavy atom. The maximum absolute atomic E-state index is 6.09. The molecule has 152 valence electrons. The van der Waals surface area contributed by atoms with E-state index in [9.17, 15) is 0 Å². The van der Waals surface area contributed by atoms with Crippen LogP contribution in [0, 0.1) is 0 Å². The average molecular weight is 496 g/mol. The number of pyridine rings is 1. The van der Waals surface area contributed by atoms with Crippen molar-refractivity contribution >= 4 is 39.1 Å². The normalized spacial score (nSPS) is 10.8. The number of hydrogen-bond acceptors (Lipinski definition) is 4. The van der Waals surface area contributed by atoms with Crippen molar-refractivity contribution in [1.82, 2.24) is 10.3 Å². The Hall–Kier alpha value is -1.79. The van der Waals surface area contributed by atoms with Crippen LogP contribution in [-0.2, 0) is 19.7 Å². The van der Waals surface area contributed by atoms with Gasteiger partial charge in [0.25, 0.3) is 0 Å². The Kier molecular flexibility index (Phi) is 8.19. The summed E-state index contributed by atoms with van der Waals surface area (Å²) in [6.07, 6.45) is 1.79. The van der Waals surface area contributed by atoms with Crippen LogP contribution in [0.3, 0.4) is 0 Å². The number of halogens is 3. The zero-order chi connectivity index (χ0) is 20.6. The maximum atomic E-state index is 6.09. The van der Waals surface area contributed by atoms with E-state index in [4.69, 9.17) is 32.7 Å². The van der Waals surface area contributed by atoms with Gasteiger partial charge >= 0.3 is 0 Å². The molecule has 1 N–H and O–H groups in total. The Balaban J connectivity index is 1.69. The standard InChI is InChI=1S/C22H21BrCl2N2O2/c1-2-28-21-11-16(12-26-13-17-5-3-4-8-27-17)9-18(23)22(21)29-14-15-6-7-19(24)20(25)10-15/h3-11,26H,2,12-14H2,1H3. The topological polar surface area (TPSA) is 43.4 Å². The van der Waals surface area contributed by atoms with Gasteiger partial charge in [0, 0.05) is 19.3 Å². The fourth-order valence-electron chi connectivity index (χ4n) is 2.75. The van der Waals surface area contributed by atoms with Crippen molar-refractivity contribution in [3.8, 4) is 11.5 Å². The summed E-state index contributed by atoms with van der Waals surface area (Å²) in [5.74, 6) is 1.35. The lowest BCUT2D eigenvalue weighted by molar-refractivity contribution is 0.267. The van der Waals surface area contributed by atoms with Crippen LogP contribution in [0.4, 0.5) is 0 Å². The van der Waals surface area contributed by atoms with Crippen LogP contribution < -0.4 is 14.8 Å². The predicted molar refractivity (Wildman–Crippen MR) is 121 cm³/mol. The lowest BCUT2D eigenvalue weighted by Crippen LogP contribution is -2.14. The minimum absolute atomic E-state index is 0.354. The van der Waals surface area contributed by atoms with E-state index in [0.29, 0.717) is 47.8 Å². The van der Waals surface area contributed by atoms with Gasteiger partial charge in [-0.05, 0) is 70.4 Å². The van der Waals surface area contributed by atoms with Gasteiger partial charge in [0.2, 0.25) is 0 Å². The molecule has 0 radical (unpaired) electrons. The van der Waals surface area contributed by atoms with Crippen molar-refractivity contribution in [1.29, 1.82) is 0 Å². The fraction of sp³-hybridized carbons (Fsp3) is 0.227. The second kappa shape index (κ2) is 10.8. The molecule has 0 unspecified atom stereocenters. The second-order valence-corrected chi connectivity index (χ2v) is 7.97. The molecule has 0 atom stereocenters. The largest absolute Gasteiger partial charge is 0.490 e. The minimum atomic E-state index is 0.354. The van der Waals surface area contributed by atoms with Crippen molar-refractivity contribution in [2.45, 2.75) is 26.6 Å². The zero-order valence-corrected chi connectivity index (χ0v) is 19.0. The molecule has 1 heterocycles. The van der Waals surface area contributed by atoms with E-state index in [0.717, 1.165) is 21.3 Å². The number of aromatic nitrogens is 1. The first-order valence-corrected chi connectivity index (χ1v) is 10.7. The minimum Gasteiger partial charge on any atom is -0.490 e. The van der Waals surface area contributed by atoms with Crippen molar-refractivity contribution in [2.75, 3.05) is 6.61 Å². The Labute approximate surface area is 189 Å². The van der Waals surface area contributed by atoms with E-state index in [-0.39, 0.29) is 0 Å². The first-order valence-electron chi connectivity index (χ1n) is 9.19. The third-order valence-electron chi connectivity index (χ3n) is 4.10. The van der Waals surface area contributed by atoms with Gasteiger partial charge in [-0.3, -0.25) is 4.98 Å². The van der Waals surface area contributed by atoms with Gasteiger partial charge in [-0.15, -0.1) is 0 Å². The maximum Gasteiger partial charge on any atom is 0.175 e. The third kappa shape index (κ3) is 6.34. The smallest absolute Gasteiger partial charge is 0.175 e. The summed E-state index contributed by atoms with van der Waals surface area (Å²) in [4.78, 5) is 4.32. The van der Waals surface area contributed by atoms with Crippen molar-refractivity contribution in [2.24, 2.45) is 0 Å². The molecule has 4 nitrogen and oxygen atoms in total. The zero-order valence-electron chi connectivity index (χ0n) is 15.9. The molecule has 0 aliphatic heterocycles. The van der Waals surface area contributed by atoms with Crippen LogP contribution in [0.5, 0.6) is 11.5 Å². The number of benzene rings is 2. The number of hydrogen-bond donors (Lipinski definition) is 1. The van der Waals surface area contributed by atoms with E-state index in [1.165, 1.54) is 0 Å². The molecule has 0 saturated carbocycles. The summed E-state index contributed by atoms with van der Waals surface area (Å²) >= 11 is 15.7. The monoisotopic (exact) mass is 494 g/mol. The highest BCUT2D eigenvalue weighted by Crippen LogP contribution is 2.37. The van der Waals surface area contributed by atoms with Gasteiger partial charge in [0.15, 0.2) is 11.5 Å². The molecule has 29 heavy (non-hydrogen) atoms. The van der Waals surface area contributed by atoms with Crippen molar-refractivity contribution in [3.05, 3.63) is 86.1 Å². The number of nitrogens with zero attached hydrogens (tertiary/aromatic N) is 1. The SMILES string of the molecule is CCOc1cc(CNCc2ccccn2)cc(Br)c1OCc1ccc(Cl)c(Cl)c1. The highest BCUT2D eigenvalue weighted by atomic mass is 79.9. The first-order chi connectivity index (χ1) is 14.1. The lowest BCUT2D eigenvalue weighted by atomic mass is 10.2. The summed E-state index contributed by atoms with van der Waals surface area (Å²) in [5, 5.41) is 4.42. The molecule has 2 aromatic carbocycles. The number of nitrogens with one attached hydrogen (secondary N) is 1. The quantitative estimate of drug-likeness (QED) is 0.372. The summed E-state index contributed by atoms with van der Waals surface area (Å²) < 4.78 is 12.7. The van der Waals surface area contributed by atoms with E-state index < -0.39 is 0 Å². The van der Waals surface area contributed by atoms with Gasteiger partial charge in [0.1, 0.15) is 6.61 Å². The molecule has 0 fully saturated rings. The van der Waals surface area contributed by atoms with Crippen LogP contribution in [0.1, 0.15) is 23.7 Å². The van der Waals surface area contributed by atoms with Gasteiger partial charge in [-0.2, -0.15) is 0 Å². The summed E-state index contributed by atoms with van der Waals surface area (Å²) in [7, 11) is 0. The van der Waals surface area contributed by atoms with Gasteiger partial charge in [0.05, 0.1) is 26.8 Å². The first kappa shape index (κ1) is 21.9. The Morgan fingerprint density at radius 3 is 2.55 bits per heavy atom. The highest BCUT2D eigenvalue weighted by molar-refractivity contribution is 9.10. The highest BCUT2D eigenvalue weighted by Gasteiger charge is 2.13. The number of ether oxygens (including phenoxy) is 2. The molecule has 0 aliphatic rings. The summed E-state index contributed by atoms with van der Waals surface area (Å²) in [5.41, 5.74) is 3.01. The van der Waals surface area contributed by atoms with E-state index >= 15 is 0 Å². The van der Waals surface area contributed by atoms with Gasteiger partial charge in [-0.1, -0.05) is 35.3 Å². The molecule has 0 spiro atoms. The molecule has 3 rings (SSSR count). The fourth-order valence-corrected chi connectivity index (χ4v) is 3.67. The van der Waals surface area contributed by atoms with Crippen molar-refractivity contribution < 1.29 is 9.47 Å². The molecule has 3 aromatic rings. The molecule has 0 amide bonds. The molecule has 7 heteroatoms. The third-order valence-corrected chi connectivity index (χ3v) is 5.43. The summed E-state index contributed by atoms with van der Waals surface area (Å²) in [6.45, 7) is 4.22. The summed E-state index contributed by atoms with van der Waals surface area (Å²) in [6, 6.07) is 15.3. The average Bonchev–Trinajstić information content (AvgIpc) is 2.71. The van der Waals surface area contributed by atoms with Crippen LogP contribution in [0.25, 0.3) is 0 Å². The Morgan fingerprint density at radius 1 is 0.966 bits per heavy atom. The molecule has 0 aliphatic carbocycles. The van der Waals surface area contributed by atoms with Crippen LogP contribution in [0.2, 0.25) is 10.0 Å². The van der Waals surface area contributed by atoms with E-state index in [1.807, 2.05) is 43.3 Å². The number of rotatable bonds is 9. The van der Waals surface area contributed by atoms with Gasteiger partial charge in [-0.25, -0.2) is 0 Å². The van der Waals surface area contributed by atoms with E-state index in [2.05, 4.69) is 26.2 Å². The molecule has 1 aromatic heterocycles. The van der Waals surface area contributed by atoms with Crippen LogP contribution >= 0.6 is 39.1 Å². The van der Waals surface area contributed by atoms with E-state index in [1.54, 1.807) is 18.3 Å². The van der Waals surface area contributed by atoms with Gasteiger partial charge < -0.3 is 14.8 Å². The lowest BCUT2D eigenvalue weighted by Gasteiger charge is -2.16. The molecule has 0 bridgehead atoms. The van der Waals surface area contributed by atoms with Crippen LogP contribution in [-0.4, -0.2) is 11.6 Å². The van der Waals surface area contributed by atoms with Crippen LogP contribution in [0.15, 0.2) is 59.2 Å². The molecule has 0 saturated heterocycles. The van der Waals surface area contributed by atoms with Crippen molar-refractivity contribution in [3.63, 3.8) is 0 Å². The molecular formula is C22H21BrCl2N2O2. The second-order valence-electron chi connectivity index (χ2n) is 6.30. The molecular weight excluding hydrogens is 475 g/mol. The predicted octanol–water partition coefficient (Wildman–Crippen LogP) is 6.42.